The van der Waals surface area contributed by atoms with Crippen LogP contribution < -0.4 is 5.73 Å². The molecule has 0 aliphatic rings. The summed E-state index contributed by atoms with van der Waals surface area (Å²) < 4.78 is 2.26. The highest BCUT2D eigenvalue weighted by Crippen LogP contribution is 2.30. The predicted molar refractivity (Wildman–Crippen MR) is 75.4 cm³/mol. The number of nitrogens with zero attached hydrogens (tertiary/aromatic N) is 3. The summed E-state index contributed by atoms with van der Waals surface area (Å²) in [4.78, 5) is 16.3. The Hall–Kier alpha value is -1.93. The summed E-state index contributed by atoms with van der Waals surface area (Å²) in [5.74, 6) is -0.733. The van der Waals surface area contributed by atoms with Crippen LogP contribution in [-0.2, 0) is 0 Å². The van der Waals surface area contributed by atoms with E-state index in [0.29, 0.717) is 11.5 Å². The van der Waals surface area contributed by atoms with E-state index in [2.05, 4.69) is 26.0 Å². The molecular weight excluding hydrogens is 332 g/mol. The van der Waals surface area contributed by atoms with Crippen molar-refractivity contribution >= 4 is 44.7 Å². The van der Waals surface area contributed by atoms with Crippen molar-refractivity contribution in [3.63, 3.8) is 0 Å². The number of carboxylic acid groups (broad SMARTS) is 1. The molecular formula is C11H7BrN4O2S. The Kier molecular flexibility index (Phi) is 2.76. The minimum atomic E-state index is -1.08. The maximum atomic E-state index is 11.1. The number of halogens is 1. The smallest absolute Gasteiger partial charge is 0.341 e. The van der Waals surface area contributed by atoms with Crippen LogP contribution in [0.1, 0.15) is 10.4 Å². The number of carboxylic acids is 1. The fraction of sp³-hybridized carbons (Fsp3) is 0. The lowest BCUT2D eigenvalue weighted by atomic mass is 10.3. The largest absolute Gasteiger partial charge is 0.477 e. The monoisotopic (exact) mass is 338 g/mol. The Balaban J connectivity index is 2.27. The maximum absolute atomic E-state index is 11.1. The molecule has 6 nitrogen and oxygen atoms in total. The molecule has 0 aromatic carbocycles. The second-order valence-corrected chi connectivity index (χ2v) is 5.62. The third-order valence-electron chi connectivity index (χ3n) is 2.55. The highest BCUT2D eigenvalue weighted by molar-refractivity contribution is 9.10. The second kappa shape index (κ2) is 4.32. The Morgan fingerprint density at radius 3 is 2.89 bits per heavy atom. The number of nitrogen functional groups attached to an aromatic ring is 1. The normalized spacial score (nSPS) is 11.0. The maximum Gasteiger partial charge on any atom is 0.341 e. The lowest BCUT2D eigenvalue weighted by Crippen LogP contribution is -2.03. The first-order valence-electron chi connectivity index (χ1n) is 5.18. The van der Waals surface area contributed by atoms with Crippen LogP contribution in [0.4, 0.5) is 5.82 Å². The molecule has 0 aliphatic heterocycles. The van der Waals surface area contributed by atoms with E-state index in [9.17, 15) is 4.79 Å². The Labute approximate surface area is 119 Å². The van der Waals surface area contributed by atoms with Crippen LogP contribution in [-0.4, -0.2) is 25.7 Å². The van der Waals surface area contributed by atoms with Crippen molar-refractivity contribution in [1.82, 2.24) is 14.6 Å². The van der Waals surface area contributed by atoms with Gasteiger partial charge in [0.2, 0.25) is 0 Å². The molecule has 19 heavy (non-hydrogen) atoms. The topological polar surface area (TPSA) is 93.5 Å². The van der Waals surface area contributed by atoms with Crippen molar-refractivity contribution < 1.29 is 9.90 Å². The van der Waals surface area contributed by atoms with Crippen LogP contribution in [0.25, 0.3) is 16.2 Å². The van der Waals surface area contributed by atoms with Gasteiger partial charge in [-0.15, -0.1) is 11.3 Å². The number of thiophene rings is 1. The zero-order valence-electron chi connectivity index (χ0n) is 9.37. The molecule has 3 aromatic rings. The van der Waals surface area contributed by atoms with Crippen molar-refractivity contribution in [2.24, 2.45) is 0 Å². The molecule has 0 fully saturated rings. The summed E-state index contributed by atoms with van der Waals surface area (Å²) in [5, 5.41) is 14.9. The molecule has 8 heteroatoms. The van der Waals surface area contributed by atoms with Crippen LogP contribution in [0.5, 0.6) is 0 Å². The van der Waals surface area contributed by atoms with Gasteiger partial charge in [-0.05, 0) is 22.0 Å². The van der Waals surface area contributed by atoms with E-state index in [1.54, 1.807) is 6.07 Å². The predicted octanol–water partition coefficient (Wildman–Crippen LogP) is 2.50. The van der Waals surface area contributed by atoms with Crippen molar-refractivity contribution in [1.29, 1.82) is 0 Å². The van der Waals surface area contributed by atoms with E-state index in [1.165, 1.54) is 22.0 Å². The van der Waals surface area contributed by atoms with Gasteiger partial charge in [0.25, 0.3) is 0 Å². The van der Waals surface area contributed by atoms with Gasteiger partial charge in [0.1, 0.15) is 11.4 Å². The Morgan fingerprint density at radius 2 is 2.26 bits per heavy atom. The number of hydrogen-bond donors (Lipinski definition) is 2. The number of anilines is 1. The van der Waals surface area contributed by atoms with Gasteiger partial charge in [0.15, 0.2) is 5.65 Å². The molecule has 0 unspecified atom stereocenters. The average Bonchev–Trinajstić information content (AvgIpc) is 2.94. The van der Waals surface area contributed by atoms with Crippen molar-refractivity contribution in [3.8, 4) is 10.6 Å². The van der Waals surface area contributed by atoms with Crippen molar-refractivity contribution in [3.05, 3.63) is 33.7 Å². The SMILES string of the molecule is Nc1cc(-c2cc(Br)cs2)nc2c(C(=O)O)cnn12. The zero-order chi connectivity index (χ0) is 13.6. The van der Waals surface area contributed by atoms with E-state index in [1.807, 2.05) is 11.4 Å². The summed E-state index contributed by atoms with van der Waals surface area (Å²) >= 11 is 4.86. The van der Waals surface area contributed by atoms with Crippen LogP contribution >= 0.6 is 27.3 Å². The summed E-state index contributed by atoms with van der Waals surface area (Å²) in [6.07, 6.45) is 1.25. The van der Waals surface area contributed by atoms with Gasteiger partial charge in [0, 0.05) is 15.9 Å². The molecule has 3 aromatic heterocycles. The second-order valence-electron chi connectivity index (χ2n) is 3.79. The molecule has 3 N–H and O–H groups in total. The molecule has 3 heterocycles. The summed E-state index contributed by atoms with van der Waals surface area (Å²) in [5.41, 5.74) is 6.78. The number of hydrogen-bond acceptors (Lipinski definition) is 5. The minimum Gasteiger partial charge on any atom is -0.477 e. The average molecular weight is 339 g/mol. The third kappa shape index (κ3) is 1.98. The molecule has 0 saturated heterocycles. The lowest BCUT2D eigenvalue weighted by Gasteiger charge is -2.02. The van der Waals surface area contributed by atoms with Gasteiger partial charge in [-0.2, -0.15) is 9.61 Å². The molecule has 96 valence electrons. The summed E-state index contributed by atoms with van der Waals surface area (Å²) in [6.45, 7) is 0. The standard InChI is InChI=1S/C11H7BrN4O2S/c12-5-1-8(19-4-5)7-2-9(13)16-10(15-7)6(3-14-16)11(17)18/h1-4H,13H2,(H,17,18). The van der Waals surface area contributed by atoms with Gasteiger partial charge < -0.3 is 10.8 Å². The van der Waals surface area contributed by atoms with Crippen LogP contribution in [0.15, 0.2) is 28.2 Å². The summed E-state index contributed by atoms with van der Waals surface area (Å²) in [6, 6.07) is 3.57. The van der Waals surface area contributed by atoms with E-state index < -0.39 is 5.97 Å². The number of carbonyl (C=O) groups is 1. The first kappa shape index (κ1) is 12.1. The van der Waals surface area contributed by atoms with E-state index in [-0.39, 0.29) is 11.2 Å². The van der Waals surface area contributed by atoms with Crippen LogP contribution in [0.3, 0.4) is 0 Å². The lowest BCUT2D eigenvalue weighted by molar-refractivity contribution is 0.0699. The minimum absolute atomic E-state index is 0.0316. The molecule has 0 saturated carbocycles. The van der Waals surface area contributed by atoms with E-state index in [0.717, 1.165) is 9.35 Å². The van der Waals surface area contributed by atoms with E-state index >= 15 is 0 Å². The third-order valence-corrected chi connectivity index (χ3v) is 4.26. The van der Waals surface area contributed by atoms with Gasteiger partial charge >= 0.3 is 5.97 Å². The number of nitrogens with two attached hydrogens (primary N) is 1. The number of rotatable bonds is 2. The molecule has 0 aliphatic carbocycles. The highest BCUT2D eigenvalue weighted by Gasteiger charge is 2.16. The molecule has 3 rings (SSSR count). The molecule has 0 radical (unpaired) electrons. The van der Waals surface area contributed by atoms with Crippen molar-refractivity contribution in [2.75, 3.05) is 5.73 Å². The number of aromatic nitrogens is 3. The molecule has 0 amide bonds. The number of aromatic carboxylic acids is 1. The highest BCUT2D eigenvalue weighted by atomic mass is 79.9. The van der Waals surface area contributed by atoms with Gasteiger partial charge in [-0.25, -0.2) is 9.78 Å². The van der Waals surface area contributed by atoms with Crippen LogP contribution in [0.2, 0.25) is 0 Å². The molecule has 0 bridgehead atoms. The summed E-state index contributed by atoms with van der Waals surface area (Å²) in [7, 11) is 0. The Bertz CT molecular complexity index is 795. The fourth-order valence-electron chi connectivity index (χ4n) is 1.71. The first-order valence-corrected chi connectivity index (χ1v) is 6.85. The molecule has 0 atom stereocenters. The Morgan fingerprint density at radius 1 is 1.47 bits per heavy atom. The van der Waals surface area contributed by atoms with Gasteiger partial charge in [-0.3, -0.25) is 0 Å². The van der Waals surface area contributed by atoms with Gasteiger partial charge in [0.05, 0.1) is 16.8 Å². The van der Waals surface area contributed by atoms with Gasteiger partial charge in [-0.1, -0.05) is 0 Å². The number of fused-ring (bicyclic) bond motifs is 1. The van der Waals surface area contributed by atoms with Crippen molar-refractivity contribution in [2.45, 2.75) is 0 Å². The van der Waals surface area contributed by atoms with E-state index in [4.69, 9.17) is 10.8 Å². The zero-order valence-corrected chi connectivity index (χ0v) is 11.8. The first-order chi connectivity index (χ1) is 9.06. The quantitative estimate of drug-likeness (QED) is 0.748. The van der Waals surface area contributed by atoms with Crippen LogP contribution in [0, 0.1) is 0 Å². The molecule has 0 spiro atoms. The fourth-order valence-corrected chi connectivity index (χ4v) is 3.10.